The molecule has 0 saturated carbocycles. The number of benzene rings is 2. The monoisotopic (exact) mass is 536 g/mol. The van der Waals surface area contributed by atoms with Gasteiger partial charge in [0, 0.05) is 11.8 Å². The second kappa shape index (κ2) is 11.3. The molecule has 0 amide bonds. The van der Waals surface area contributed by atoms with E-state index >= 15 is 0 Å². The van der Waals surface area contributed by atoms with Gasteiger partial charge in [-0.25, -0.2) is 9.79 Å². The largest absolute Gasteiger partial charge is 0.462 e. The maximum absolute atomic E-state index is 13.7. The van der Waals surface area contributed by atoms with Gasteiger partial charge in [-0.3, -0.25) is 14.2 Å². The lowest BCUT2D eigenvalue weighted by molar-refractivity contribution is -0.140. The first-order chi connectivity index (χ1) is 17.7. The minimum Gasteiger partial charge on any atom is -0.462 e. The minimum atomic E-state index is -0.665. The van der Waals surface area contributed by atoms with Crippen LogP contribution in [0, 0.1) is 5.92 Å². The zero-order valence-corrected chi connectivity index (χ0v) is 22.9. The van der Waals surface area contributed by atoms with Crippen LogP contribution in [0.4, 0.5) is 0 Å². The smallest absolute Gasteiger partial charge is 0.338 e. The Bertz CT molecular complexity index is 1550. The van der Waals surface area contributed by atoms with E-state index in [0.29, 0.717) is 31.9 Å². The standard InChI is InChI=1S/C28H28N2O5S2/c1-16(2)15-34-27(33)24-17(3)29-28-30(25(24)20-9-11-22(36-5)12-10-20)26(32)23(37-28)14-19-7-6-8-21(13-19)35-18(4)31/h6-14,16,25H,15H2,1-5H3. The lowest BCUT2D eigenvalue weighted by Crippen LogP contribution is -2.40. The Morgan fingerprint density at radius 1 is 1.19 bits per heavy atom. The molecule has 0 radical (unpaired) electrons. The van der Waals surface area contributed by atoms with Gasteiger partial charge < -0.3 is 9.47 Å². The Morgan fingerprint density at radius 2 is 1.92 bits per heavy atom. The number of carbonyl (C=O) groups is 2. The predicted molar refractivity (Wildman–Crippen MR) is 146 cm³/mol. The number of carbonyl (C=O) groups excluding carboxylic acids is 2. The molecular weight excluding hydrogens is 508 g/mol. The average Bonchev–Trinajstić information content (AvgIpc) is 3.15. The van der Waals surface area contributed by atoms with Crippen molar-refractivity contribution in [2.75, 3.05) is 12.9 Å². The van der Waals surface area contributed by atoms with Gasteiger partial charge in [-0.1, -0.05) is 49.4 Å². The summed E-state index contributed by atoms with van der Waals surface area (Å²) in [4.78, 5) is 44.6. The van der Waals surface area contributed by atoms with Crippen LogP contribution in [-0.2, 0) is 14.3 Å². The van der Waals surface area contributed by atoms with E-state index in [9.17, 15) is 14.4 Å². The topological polar surface area (TPSA) is 87.0 Å². The van der Waals surface area contributed by atoms with Crippen LogP contribution in [0.25, 0.3) is 6.08 Å². The quantitative estimate of drug-likeness (QED) is 0.257. The lowest BCUT2D eigenvalue weighted by Gasteiger charge is -2.25. The molecular formula is C28H28N2O5S2. The molecule has 1 aliphatic heterocycles. The van der Waals surface area contributed by atoms with Crippen LogP contribution in [-0.4, -0.2) is 29.4 Å². The highest BCUT2D eigenvalue weighted by atomic mass is 32.2. The second-order valence-electron chi connectivity index (χ2n) is 9.01. The summed E-state index contributed by atoms with van der Waals surface area (Å²) < 4.78 is 12.8. The van der Waals surface area contributed by atoms with E-state index in [-0.39, 0.29) is 18.1 Å². The molecule has 0 saturated heterocycles. The average molecular weight is 537 g/mol. The molecule has 0 spiro atoms. The number of fused-ring (bicyclic) bond motifs is 1. The molecule has 7 nitrogen and oxygen atoms in total. The number of aromatic nitrogens is 1. The van der Waals surface area contributed by atoms with Crippen molar-refractivity contribution in [3.8, 4) is 5.75 Å². The Hall–Kier alpha value is -3.43. The van der Waals surface area contributed by atoms with Crippen molar-refractivity contribution in [2.24, 2.45) is 10.9 Å². The van der Waals surface area contributed by atoms with Crippen LogP contribution in [0.2, 0.25) is 0 Å². The van der Waals surface area contributed by atoms with Crippen molar-refractivity contribution in [3.63, 3.8) is 0 Å². The molecule has 4 rings (SSSR count). The fourth-order valence-electron chi connectivity index (χ4n) is 3.99. The molecule has 2 aromatic carbocycles. The van der Waals surface area contributed by atoms with Crippen LogP contribution in [0.5, 0.6) is 5.75 Å². The second-order valence-corrected chi connectivity index (χ2v) is 10.9. The van der Waals surface area contributed by atoms with Gasteiger partial charge >= 0.3 is 11.9 Å². The Balaban J connectivity index is 1.86. The molecule has 0 aliphatic carbocycles. The highest BCUT2D eigenvalue weighted by Crippen LogP contribution is 2.31. The first-order valence-corrected chi connectivity index (χ1v) is 13.8. The zero-order valence-electron chi connectivity index (χ0n) is 21.3. The molecule has 3 aromatic rings. The number of allylic oxidation sites excluding steroid dienone is 1. The predicted octanol–water partition coefficient (Wildman–Crippen LogP) is 4.08. The summed E-state index contributed by atoms with van der Waals surface area (Å²) in [5.41, 5.74) is 2.12. The number of thiazole rings is 1. The van der Waals surface area contributed by atoms with E-state index in [1.165, 1.54) is 18.3 Å². The van der Waals surface area contributed by atoms with Gasteiger partial charge in [0.25, 0.3) is 5.56 Å². The Morgan fingerprint density at radius 3 is 2.57 bits per heavy atom. The number of hydrogen-bond acceptors (Lipinski definition) is 8. The molecule has 192 valence electrons. The summed E-state index contributed by atoms with van der Waals surface area (Å²) in [6.45, 7) is 7.32. The number of hydrogen-bond donors (Lipinski definition) is 0. The third kappa shape index (κ3) is 5.94. The molecule has 1 aliphatic rings. The van der Waals surface area contributed by atoms with E-state index in [2.05, 4.69) is 4.99 Å². The van der Waals surface area contributed by atoms with Crippen LogP contribution >= 0.6 is 23.1 Å². The van der Waals surface area contributed by atoms with E-state index < -0.39 is 18.0 Å². The maximum atomic E-state index is 13.7. The summed E-state index contributed by atoms with van der Waals surface area (Å²) in [6, 6.07) is 14.1. The first kappa shape index (κ1) is 26.6. The van der Waals surface area contributed by atoms with Gasteiger partial charge in [0.2, 0.25) is 0 Å². The molecule has 1 atom stereocenters. The third-order valence-electron chi connectivity index (χ3n) is 5.64. The number of esters is 2. The molecule has 9 heteroatoms. The van der Waals surface area contributed by atoms with Gasteiger partial charge in [-0.2, -0.15) is 0 Å². The summed E-state index contributed by atoms with van der Waals surface area (Å²) >= 11 is 2.87. The molecule has 0 bridgehead atoms. The van der Waals surface area contributed by atoms with Gasteiger partial charge in [-0.05, 0) is 60.6 Å². The van der Waals surface area contributed by atoms with Crippen LogP contribution in [0.3, 0.4) is 0 Å². The Kier molecular flexibility index (Phi) is 8.14. The van der Waals surface area contributed by atoms with Gasteiger partial charge in [0.1, 0.15) is 5.75 Å². The van der Waals surface area contributed by atoms with Crippen molar-refractivity contribution in [1.82, 2.24) is 4.57 Å². The molecule has 1 unspecified atom stereocenters. The summed E-state index contributed by atoms with van der Waals surface area (Å²) in [5, 5.41) is 0. The molecule has 0 N–H and O–H groups in total. The van der Waals surface area contributed by atoms with Crippen molar-refractivity contribution in [1.29, 1.82) is 0 Å². The number of ether oxygens (including phenoxy) is 2. The highest BCUT2D eigenvalue weighted by Gasteiger charge is 2.33. The number of thioether (sulfide) groups is 1. The van der Waals surface area contributed by atoms with E-state index in [1.54, 1.807) is 47.5 Å². The normalized spacial score (nSPS) is 15.4. The van der Waals surface area contributed by atoms with E-state index in [0.717, 1.165) is 10.5 Å². The zero-order chi connectivity index (χ0) is 26.7. The van der Waals surface area contributed by atoms with Gasteiger partial charge in [0.15, 0.2) is 4.80 Å². The number of nitrogens with zero attached hydrogens (tertiary/aromatic N) is 2. The molecule has 2 heterocycles. The van der Waals surface area contributed by atoms with Crippen LogP contribution in [0.15, 0.2) is 74.5 Å². The van der Waals surface area contributed by atoms with Gasteiger partial charge in [-0.15, -0.1) is 11.8 Å². The summed E-state index contributed by atoms with van der Waals surface area (Å²) in [7, 11) is 0. The lowest BCUT2D eigenvalue weighted by atomic mass is 9.96. The summed E-state index contributed by atoms with van der Waals surface area (Å²) in [6.07, 6.45) is 3.73. The fourth-order valence-corrected chi connectivity index (χ4v) is 5.44. The number of rotatable bonds is 7. The SMILES string of the molecule is CSc1ccc(C2C(C(=O)OCC(C)C)=C(C)N=c3sc(=Cc4cccc(OC(C)=O)c4)c(=O)n32)cc1. The first-order valence-electron chi connectivity index (χ1n) is 11.8. The van der Waals surface area contributed by atoms with Crippen molar-refractivity contribution in [3.05, 3.63) is 90.6 Å². The van der Waals surface area contributed by atoms with Crippen molar-refractivity contribution in [2.45, 2.75) is 38.6 Å². The van der Waals surface area contributed by atoms with Crippen LogP contribution in [0.1, 0.15) is 44.9 Å². The molecule has 0 fully saturated rings. The van der Waals surface area contributed by atoms with Gasteiger partial charge in [0.05, 0.1) is 28.5 Å². The maximum Gasteiger partial charge on any atom is 0.338 e. The highest BCUT2D eigenvalue weighted by molar-refractivity contribution is 7.98. The third-order valence-corrected chi connectivity index (χ3v) is 7.36. The van der Waals surface area contributed by atoms with E-state index in [1.807, 2.05) is 50.4 Å². The van der Waals surface area contributed by atoms with Crippen molar-refractivity contribution >= 4 is 41.1 Å². The van der Waals surface area contributed by atoms with Crippen LogP contribution < -0.4 is 19.6 Å². The fraction of sp³-hybridized carbons (Fsp3) is 0.286. The molecule has 1 aromatic heterocycles. The minimum absolute atomic E-state index is 0.174. The molecule has 37 heavy (non-hydrogen) atoms. The van der Waals surface area contributed by atoms with E-state index in [4.69, 9.17) is 9.47 Å². The van der Waals surface area contributed by atoms with Crippen molar-refractivity contribution < 1.29 is 19.1 Å². The Labute approximate surface area is 223 Å². The summed E-state index contributed by atoms with van der Waals surface area (Å²) in [5.74, 6) is -0.325.